The fraction of sp³-hybridized carbons (Fsp3) is 0. The van der Waals surface area contributed by atoms with Gasteiger partial charge in [-0.1, -0.05) is 0 Å². The number of hydrogen-bond acceptors (Lipinski definition) is 6. The van der Waals surface area contributed by atoms with Crippen molar-refractivity contribution in [2.75, 3.05) is 0 Å². The van der Waals surface area contributed by atoms with Crippen molar-refractivity contribution in [2.24, 2.45) is 0 Å². The number of carbonyl (C=O) groups is 2. The van der Waals surface area contributed by atoms with E-state index < -0.39 is 63.9 Å². The first-order valence-electron chi connectivity index (χ1n) is 5.87. The predicted octanol–water partition coefficient (Wildman–Crippen LogP) is 0.730. The first kappa shape index (κ1) is 17.8. The van der Waals surface area contributed by atoms with Gasteiger partial charge in [-0.3, -0.25) is 9.11 Å². The molecule has 0 fully saturated rings. The molecule has 4 N–H and O–H groups in total. The van der Waals surface area contributed by atoms with Crippen LogP contribution in [0.15, 0.2) is 34.1 Å². The zero-order chi connectivity index (χ0) is 18.4. The lowest BCUT2D eigenvalue weighted by Crippen LogP contribution is -2.11. The second-order valence-electron chi connectivity index (χ2n) is 4.53. The lowest BCUT2D eigenvalue weighted by molar-refractivity contribution is 0.0695. The molecule has 0 aliphatic rings. The highest BCUT2D eigenvalue weighted by Crippen LogP contribution is 2.34. The van der Waals surface area contributed by atoms with Crippen molar-refractivity contribution in [3.63, 3.8) is 0 Å². The van der Waals surface area contributed by atoms with Crippen LogP contribution in [0.2, 0.25) is 0 Å². The Morgan fingerprint density at radius 1 is 0.667 bits per heavy atom. The van der Waals surface area contributed by atoms with E-state index in [4.69, 9.17) is 10.2 Å². The summed E-state index contributed by atoms with van der Waals surface area (Å²) in [7, 11) is -10.1. The second kappa shape index (κ2) is 5.52. The van der Waals surface area contributed by atoms with Crippen molar-refractivity contribution in [1.29, 1.82) is 0 Å². The third-order valence-corrected chi connectivity index (χ3v) is 4.89. The third-order valence-electron chi connectivity index (χ3n) is 3.10. The van der Waals surface area contributed by atoms with E-state index in [1.165, 1.54) is 0 Å². The van der Waals surface area contributed by atoms with E-state index in [-0.39, 0.29) is 0 Å². The Hall–Kier alpha value is -2.54. The van der Waals surface area contributed by atoms with Crippen LogP contribution >= 0.6 is 0 Å². The van der Waals surface area contributed by atoms with E-state index in [2.05, 4.69) is 0 Å². The summed E-state index contributed by atoms with van der Waals surface area (Å²) in [5, 5.41) is 16.6. The summed E-state index contributed by atoms with van der Waals surface area (Å²) in [6.07, 6.45) is 0. The maximum absolute atomic E-state index is 11.5. The minimum atomic E-state index is -5.06. The summed E-state index contributed by atoms with van der Waals surface area (Å²) in [6.45, 7) is 0. The van der Waals surface area contributed by atoms with Gasteiger partial charge in [-0.15, -0.1) is 0 Å². The molecule has 0 atom stereocenters. The average Bonchev–Trinajstić information content (AvgIpc) is 2.42. The van der Waals surface area contributed by atoms with Crippen LogP contribution < -0.4 is 0 Å². The molecule has 0 heterocycles. The van der Waals surface area contributed by atoms with Gasteiger partial charge >= 0.3 is 11.9 Å². The van der Waals surface area contributed by atoms with Crippen LogP contribution in [0.25, 0.3) is 10.8 Å². The van der Waals surface area contributed by atoms with Crippen LogP contribution in [0.4, 0.5) is 0 Å². The van der Waals surface area contributed by atoms with Crippen molar-refractivity contribution < 1.29 is 45.7 Å². The van der Waals surface area contributed by atoms with Gasteiger partial charge in [-0.2, -0.15) is 16.8 Å². The van der Waals surface area contributed by atoms with Gasteiger partial charge in [0.1, 0.15) is 9.79 Å². The topological polar surface area (TPSA) is 183 Å². The standard InChI is InChI=1S/C12H8O10S2/c13-11(14)5-1-3-7(23(17,18)19)10-8(24(20,21)22)4-2-6(9(5)10)12(15)16/h1-4H,(H,13,14)(H,15,16)(H,17,18,19)(H,20,21,22). The van der Waals surface area contributed by atoms with Crippen molar-refractivity contribution in [3.8, 4) is 0 Å². The number of hydrogen-bond donors (Lipinski definition) is 4. The molecule has 24 heavy (non-hydrogen) atoms. The summed E-state index contributed by atoms with van der Waals surface area (Å²) in [4.78, 5) is 20.5. The molecular weight excluding hydrogens is 368 g/mol. The van der Waals surface area contributed by atoms with E-state index in [1.807, 2.05) is 0 Å². The number of benzene rings is 2. The molecule has 0 bridgehead atoms. The SMILES string of the molecule is O=C(O)c1ccc(S(=O)(=O)O)c2c(S(=O)(=O)O)ccc(C(=O)O)c12. The molecule has 0 saturated heterocycles. The van der Waals surface area contributed by atoms with Gasteiger partial charge in [0, 0.05) is 10.8 Å². The minimum Gasteiger partial charge on any atom is -0.478 e. The monoisotopic (exact) mass is 376 g/mol. The van der Waals surface area contributed by atoms with Gasteiger partial charge in [0.05, 0.1) is 11.1 Å². The highest BCUT2D eigenvalue weighted by atomic mass is 32.2. The first-order valence-corrected chi connectivity index (χ1v) is 8.75. The van der Waals surface area contributed by atoms with Gasteiger partial charge in [0.25, 0.3) is 20.2 Å². The van der Waals surface area contributed by atoms with Crippen molar-refractivity contribution in [2.45, 2.75) is 9.79 Å². The smallest absolute Gasteiger partial charge is 0.336 e. The number of rotatable bonds is 4. The van der Waals surface area contributed by atoms with Gasteiger partial charge in [0.15, 0.2) is 0 Å². The lowest BCUT2D eigenvalue weighted by atomic mass is 9.99. The Morgan fingerprint density at radius 3 is 1.25 bits per heavy atom. The Bertz CT molecular complexity index is 1010. The summed E-state index contributed by atoms with van der Waals surface area (Å²) in [5.41, 5.74) is -1.44. The van der Waals surface area contributed by atoms with Crippen LogP contribution in [-0.4, -0.2) is 48.1 Å². The lowest BCUT2D eigenvalue weighted by Gasteiger charge is -2.12. The maximum atomic E-state index is 11.5. The molecular formula is C12H8O10S2. The van der Waals surface area contributed by atoms with Gasteiger partial charge in [-0.25, -0.2) is 9.59 Å². The van der Waals surface area contributed by atoms with Gasteiger partial charge in [0.2, 0.25) is 0 Å². The molecule has 128 valence electrons. The Morgan fingerprint density at radius 2 is 1.00 bits per heavy atom. The van der Waals surface area contributed by atoms with E-state index in [1.54, 1.807) is 0 Å². The normalized spacial score (nSPS) is 12.2. The van der Waals surface area contributed by atoms with Crippen LogP contribution in [0.1, 0.15) is 20.7 Å². The maximum Gasteiger partial charge on any atom is 0.336 e. The largest absolute Gasteiger partial charge is 0.478 e. The summed E-state index contributed by atoms with van der Waals surface area (Å²) in [5.74, 6) is -3.34. The molecule has 0 amide bonds. The van der Waals surface area contributed by atoms with E-state index in [9.17, 15) is 35.5 Å². The molecule has 2 rings (SSSR count). The molecule has 0 aromatic heterocycles. The van der Waals surface area contributed by atoms with Crippen molar-refractivity contribution in [1.82, 2.24) is 0 Å². The van der Waals surface area contributed by atoms with Crippen LogP contribution in [0.5, 0.6) is 0 Å². The molecule has 0 aliphatic heterocycles. The highest BCUT2D eigenvalue weighted by Gasteiger charge is 2.28. The van der Waals surface area contributed by atoms with Gasteiger partial charge < -0.3 is 10.2 Å². The third kappa shape index (κ3) is 2.94. The zero-order valence-corrected chi connectivity index (χ0v) is 13.0. The van der Waals surface area contributed by atoms with E-state index >= 15 is 0 Å². The van der Waals surface area contributed by atoms with Crippen molar-refractivity contribution >= 4 is 42.9 Å². The number of fused-ring (bicyclic) bond motifs is 1. The number of carboxylic acids is 2. The van der Waals surface area contributed by atoms with Crippen molar-refractivity contribution in [3.05, 3.63) is 35.4 Å². The molecule has 0 spiro atoms. The minimum absolute atomic E-state index is 0.599. The molecule has 2 aromatic rings. The molecule has 0 unspecified atom stereocenters. The summed E-state index contributed by atoms with van der Waals surface area (Å²) in [6, 6.07) is 2.60. The molecule has 2 aromatic carbocycles. The Kier molecular flexibility index (Phi) is 4.10. The molecule has 12 heteroatoms. The van der Waals surface area contributed by atoms with E-state index in [0.29, 0.717) is 24.3 Å². The number of carboxylic acid groups (broad SMARTS) is 2. The second-order valence-corrected chi connectivity index (χ2v) is 7.31. The average molecular weight is 376 g/mol. The quantitative estimate of drug-likeness (QED) is 0.555. The van der Waals surface area contributed by atoms with E-state index in [0.717, 1.165) is 0 Å². The number of aromatic carboxylic acids is 2. The molecule has 0 radical (unpaired) electrons. The van der Waals surface area contributed by atoms with Gasteiger partial charge in [-0.05, 0) is 24.3 Å². The van der Waals surface area contributed by atoms with Crippen LogP contribution in [0, 0.1) is 0 Å². The zero-order valence-electron chi connectivity index (χ0n) is 11.4. The molecule has 10 nitrogen and oxygen atoms in total. The predicted molar refractivity (Wildman–Crippen MR) is 77.5 cm³/mol. The fourth-order valence-corrected chi connectivity index (χ4v) is 3.70. The van der Waals surface area contributed by atoms with Crippen LogP contribution in [0.3, 0.4) is 0 Å². The van der Waals surface area contributed by atoms with Crippen LogP contribution in [-0.2, 0) is 20.2 Å². The highest BCUT2D eigenvalue weighted by molar-refractivity contribution is 7.87. The molecule has 0 aliphatic carbocycles. The fourth-order valence-electron chi connectivity index (χ4n) is 2.22. The Balaban J connectivity index is 3.32. The Labute approximate surface area is 134 Å². The first-order chi connectivity index (χ1) is 10.9. The molecule has 0 saturated carbocycles. The summed E-state index contributed by atoms with van der Waals surface area (Å²) < 4.78 is 64.4. The summed E-state index contributed by atoms with van der Waals surface area (Å²) >= 11 is 0.